The molecule has 0 spiro atoms. The van der Waals surface area contributed by atoms with Gasteiger partial charge in [-0.15, -0.1) is 0 Å². The highest BCUT2D eigenvalue weighted by molar-refractivity contribution is 7.89. The summed E-state index contributed by atoms with van der Waals surface area (Å²) < 4.78 is 93.1. The fourth-order valence-corrected chi connectivity index (χ4v) is 16.9. The van der Waals surface area contributed by atoms with E-state index < -0.39 is 20.0 Å². The molecule has 10 rings (SSSR count). The molecule has 0 saturated carbocycles. The van der Waals surface area contributed by atoms with Crippen molar-refractivity contribution in [2.45, 2.75) is 148 Å². The van der Waals surface area contributed by atoms with Crippen molar-refractivity contribution in [3.05, 3.63) is 115 Å². The van der Waals surface area contributed by atoms with Crippen LogP contribution in [0, 0.1) is 0 Å². The second-order valence-electron chi connectivity index (χ2n) is 23.3. The van der Waals surface area contributed by atoms with Gasteiger partial charge in [0.05, 0.1) is 74.7 Å². The van der Waals surface area contributed by atoms with Crippen LogP contribution in [-0.4, -0.2) is 167 Å². The summed E-state index contributed by atoms with van der Waals surface area (Å²) in [5.74, 6) is 1.14. The zero-order valence-electron chi connectivity index (χ0n) is 49.5. The minimum atomic E-state index is -3.80. The van der Waals surface area contributed by atoms with Gasteiger partial charge in [-0.05, 0) is 161 Å². The molecule has 2 aliphatic carbocycles. The van der Waals surface area contributed by atoms with Crippen molar-refractivity contribution in [3.63, 3.8) is 0 Å². The maximum atomic E-state index is 13.1. The van der Waals surface area contributed by atoms with Crippen LogP contribution < -0.4 is 40.2 Å². The molecule has 4 aromatic carbocycles. The molecule has 20 nitrogen and oxygen atoms in total. The summed E-state index contributed by atoms with van der Waals surface area (Å²) in [5, 5.41) is 13.4. The van der Waals surface area contributed by atoms with E-state index >= 15 is 0 Å². The van der Waals surface area contributed by atoms with Gasteiger partial charge in [-0.3, -0.25) is 9.80 Å². The molecule has 4 unspecified atom stereocenters. The highest BCUT2D eigenvalue weighted by Crippen LogP contribution is 2.50. The second kappa shape index (κ2) is 31.9. The molecule has 0 aromatic heterocycles. The van der Waals surface area contributed by atoms with Gasteiger partial charge in [0.2, 0.25) is 20.0 Å². The first-order chi connectivity index (χ1) is 42.6. The summed E-state index contributed by atoms with van der Waals surface area (Å²) in [7, 11) is -7.60. The number of hydrogen-bond donors (Lipinski definition) is 6. The minimum Gasteiger partial charge on any atom is -0.484 e. The van der Waals surface area contributed by atoms with Gasteiger partial charge in [-0.1, -0.05) is 59.2 Å². The summed E-state index contributed by atoms with van der Waals surface area (Å²) >= 11 is 26.4. The fraction of sp³-hybridized carbons (Fsp3) is 0.581. The summed E-state index contributed by atoms with van der Waals surface area (Å²) in [5.41, 5.74) is 4.11. The van der Waals surface area contributed by atoms with E-state index in [9.17, 15) is 26.4 Å². The molecular weight excluding hydrogens is 1250 g/mol. The van der Waals surface area contributed by atoms with E-state index in [1.54, 1.807) is 60.7 Å². The Kier molecular flexibility index (Phi) is 24.1. The molecule has 4 aliphatic heterocycles. The van der Waals surface area contributed by atoms with Crippen molar-refractivity contribution in [2.75, 3.05) is 92.1 Å². The topological polar surface area (TPSA) is 236 Å². The Morgan fingerprint density at radius 3 is 1.15 bits per heavy atom. The highest BCUT2D eigenvalue weighted by Gasteiger charge is 2.49. The molecule has 4 saturated heterocycles. The van der Waals surface area contributed by atoms with E-state index in [2.05, 4.69) is 40.5 Å². The van der Waals surface area contributed by atoms with Crippen molar-refractivity contribution >= 4 is 78.5 Å². The number of ether oxygens (including phenoxy) is 6. The van der Waals surface area contributed by atoms with Crippen LogP contribution in [0.2, 0.25) is 20.1 Å². The Labute approximate surface area is 537 Å². The molecule has 88 heavy (non-hydrogen) atoms. The van der Waals surface area contributed by atoms with E-state index in [4.69, 9.17) is 74.8 Å². The number of nitrogens with zero attached hydrogens (tertiary/aromatic N) is 2. The van der Waals surface area contributed by atoms with Crippen LogP contribution in [-0.2, 0) is 51.8 Å². The van der Waals surface area contributed by atoms with Gasteiger partial charge < -0.3 is 49.7 Å². The molecule has 26 heteroatoms. The molecule has 4 fully saturated rings. The number of urea groups is 2. The average Bonchev–Trinajstić information content (AvgIpc) is 1.85. The molecule has 4 amide bonds. The minimum absolute atomic E-state index is 0.0722. The number of unbranched alkanes of at least 4 members (excludes halogenated alkanes) is 1. The summed E-state index contributed by atoms with van der Waals surface area (Å²) in [6, 6.07) is 22.1. The largest absolute Gasteiger partial charge is 0.484 e. The van der Waals surface area contributed by atoms with E-state index in [-0.39, 0.29) is 125 Å². The van der Waals surface area contributed by atoms with Gasteiger partial charge in [-0.25, -0.2) is 35.9 Å². The number of carbonyl (C=O) groups excluding carboxylic acids is 2. The number of carbonyl (C=O) groups is 2. The van der Waals surface area contributed by atoms with Gasteiger partial charge in [0.25, 0.3) is 0 Å². The SMILES string of the molecule is O=C(NCCCCNC(=O)NCCOCCOCCNS(=O)(=O)c1ccc(O[C@H]2c3cc(Cl)cc(Cl)c3C[C@@H]2N2C3CCCC2CC3)cc1)NCCOCCOCCNS(=O)(=O)c1ccc(O[C@H]2c3cc(Cl)cc(Cl)c3C[C@@H]2N2C3CCCC2CC3)cc1. The van der Waals surface area contributed by atoms with Crippen LogP contribution in [0.25, 0.3) is 0 Å². The Morgan fingerprint density at radius 1 is 0.443 bits per heavy atom. The van der Waals surface area contributed by atoms with Crippen molar-refractivity contribution in [1.82, 2.24) is 40.5 Å². The number of piperidine rings is 2. The molecule has 4 heterocycles. The van der Waals surface area contributed by atoms with Crippen LogP contribution in [0.3, 0.4) is 0 Å². The van der Waals surface area contributed by atoms with Gasteiger partial charge in [0.15, 0.2) is 0 Å². The standard InChI is InChI=1S/C62H82Cl4N8O12S2/c63-41-35-53-51(55(65)37-41)39-57(73-43-5-3-6-44(73)10-9-43)59(53)85-47-13-17-49(18-14-47)87(77,78)71-25-29-83-33-31-81-27-23-69-61(75)67-21-1-2-22-68-62(76)70-24-28-82-32-34-84-30-26-72-88(79,80)50-19-15-48(16-20-50)86-60-54-36-42(64)38-56(66)52(54)40-58(60)74-45-7-4-8-46(74)12-11-45/h13-20,35-38,43-46,57-60,71-72H,1-12,21-34,39-40H2,(H2,67,69,75)(H2,68,70,76)/t43?,44?,45?,46?,57-,58-,59-,60-/m0/s1. The fourth-order valence-electron chi connectivity index (χ4n) is 13.7. The van der Waals surface area contributed by atoms with Gasteiger partial charge >= 0.3 is 12.1 Å². The first-order valence-corrected chi connectivity index (χ1v) is 35.5. The van der Waals surface area contributed by atoms with Crippen molar-refractivity contribution < 1.29 is 54.8 Å². The smallest absolute Gasteiger partial charge is 0.314 e. The molecule has 4 bridgehead atoms. The normalized spacial score (nSPS) is 23.2. The highest BCUT2D eigenvalue weighted by atomic mass is 35.5. The Morgan fingerprint density at radius 2 is 0.784 bits per heavy atom. The van der Waals surface area contributed by atoms with Crippen LogP contribution in [0.1, 0.15) is 112 Å². The third-order valence-electron chi connectivity index (χ3n) is 17.6. The summed E-state index contributed by atoms with van der Waals surface area (Å²) in [4.78, 5) is 29.9. The Hall–Kier alpha value is -4.24. The number of benzene rings is 4. The quantitative estimate of drug-likeness (QED) is 0.0244. The molecule has 0 radical (unpaired) electrons. The number of rotatable bonds is 33. The van der Waals surface area contributed by atoms with Crippen LogP contribution in [0.5, 0.6) is 11.5 Å². The lowest BCUT2D eigenvalue weighted by Crippen LogP contribution is -2.49. The third kappa shape index (κ3) is 17.5. The van der Waals surface area contributed by atoms with Crippen LogP contribution >= 0.6 is 46.4 Å². The van der Waals surface area contributed by atoms with Crippen molar-refractivity contribution in [2.24, 2.45) is 0 Å². The van der Waals surface area contributed by atoms with Crippen molar-refractivity contribution in [3.8, 4) is 11.5 Å². The van der Waals surface area contributed by atoms with Gasteiger partial charge in [-0.2, -0.15) is 0 Å². The maximum absolute atomic E-state index is 13.1. The third-order valence-corrected chi connectivity index (χ3v) is 21.7. The maximum Gasteiger partial charge on any atom is 0.314 e. The number of nitrogens with one attached hydrogen (secondary N) is 6. The van der Waals surface area contributed by atoms with Crippen molar-refractivity contribution in [1.29, 1.82) is 0 Å². The Balaban J connectivity index is 0.499. The monoisotopic (exact) mass is 1330 g/mol. The lowest BCUT2D eigenvalue weighted by atomic mass is 9.98. The van der Waals surface area contributed by atoms with E-state index in [1.165, 1.54) is 64.2 Å². The summed E-state index contributed by atoms with van der Waals surface area (Å²) in [6.07, 6.45) is 14.3. The molecule has 6 aliphatic rings. The van der Waals surface area contributed by atoms with Crippen LogP contribution in [0.4, 0.5) is 9.59 Å². The first kappa shape index (κ1) is 66.7. The molecule has 6 N–H and O–H groups in total. The van der Waals surface area contributed by atoms with Gasteiger partial charge in [0, 0.05) is 94.7 Å². The number of fused-ring (bicyclic) bond motifs is 6. The zero-order valence-corrected chi connectivity index (χ0v) is 54.1. The predicted molar refractivity (Wildman–Crippen MR) is 338 cm³/mol. The number of amides is 4. The Bertz CT molecular complexity index is 2970. The zero-order chi connectivity index (χ0) is 61.6. The molecule has 482 valence electrons. The number of halogens is 4. The molecule has 8 atom stereocenters. The summed E-state index contributed by atoms with van der Waals surface area (Å²) in [6.45, 7) is 3.40. The van der Waals surface area contributed by atoms with Crippen LogP contribution in [0.15, 0.2) is 82.6 Å². The predicted octanol–water partition coefficient (Wildman–Crippen LogP) is 9.13. The van der Waals surface area contributed by atoms with E-state index in [0.717, 1.165) is 35.1 Å². The molecule has 4 aromatic rings. The number of hydrogen-bond acceptors (Lipinski definition) is 14. The lowest BCUT2D eigenvalue weighted by Gasteiger charge is -2.41. The van der Waals surface area contributed by atoms with E-state index in [0.29, 0.717) is 81.7 Å². The lowest BCUT2D eigenvalue weighted by molar-refractivity contribution is 0.0225. The first-order valence-electron chi connectivity index (χ1n) is 31.0. The second-order valence-corrected chi connectivity index (χ2v) is 28.5. The average molecular weight is 1340 g/mol. The van der Waals surface area contributed by atoms with Gasteiger partial charge in [0.1, 0.15) is 23.7 Å². The van der Waals surface area contributed by atoms with E-state index in [1.807, 2.05) is 12.1 Å². The molecular formula is C62H82Cl4N8O12S2. The number of sulfonamides is 2.